The van der Waals surface area contributed by atoms with Crippen LogP contribution in [0.15, 0.2) is 24.3 Å². The van der Waals surface area contributed by atoms with Crippen molar-refractivity contribution in [1.82, 2.24) is 10.3 Å². The smallest absolute Gasteiger partial charge is 0.265 e. The maximum atomic E-state index is 11.4. The number of nitrogens with zero attached hydrogens (tertiary/aromatic N) is 1. The summed E-state index contributed by atoms with van der Waals surface area (Å²) in [7, 11) is 1.78. The summed E-state index contributed by atoms with van der Waals surface area (Å²) < 4.78 is 5.53. The van der Waals surface area contributed by atoms with Gasteiger partial charge in [-0.05, 0) is 36.6 Å². The van der Waals surface area contributed by atoms with Gasteiger partial charge in [0, 0.05) is 25.8 Å². The number of nitrogens with one attached hydrogen (secondary N) is 1. The number of benzene rings is 1. The highest BCUT2D eigenvalue weighted by atomic mass is 16.5. The number of amides is 1. The lowest BCUT2D eigenvalue weighted by atomic mass is 9.95. The van der Waals surface area contributed by atoms with E-state index in [-0.39, 0.29) is 5.91 Å². The molecule has 1 heterocycles. The largest absolute Gasteiger partial charge is 0.380 e. The zero-order valence-electron chi connectivity index (χ0n) is 12.1. The highest BCUT2D eigenvalue weighted by molar-refractivity contribution is 5.93. The van der Waals surface area contributed by atoms with Crippen LogP contribution < -0.4 is 11.3 Å². The molecule has 1 fully saturated rings. The van der Waals surface area contributed by atoms with E-state index in [0.717, 1.165) is 26.1 Å². The molecule has 3 N–H and O–H groups in total. The number of nitrogens with two attached hydrogens (primary N) is 1. The maximum Gasteiger partial charge on any atom is 0.265 e. The third-order valence-electron chi connectivity index (χ3n) is 4.03. The number of carbonyl (C=O) groups is 1. The number of hydrogen-bond acceptors (Lipinski definition) is 4. The van der Waals surface area contributed by atoms with Gasteiger partial charge in [0.05, 0.1) is 6.10 Å². The molecule has 1 amide bonds. The fraction of sp³-hybridized carbons (Fsp3) is 0.533. The summed E-state index contributed by atoms with van der Waals surface area (Å²) in [6.45, 7) is 5.18. The zero-order chi connectivity index (χ0) is 14.5. The minimum Gasteiger partial charge on any atom is -0.380 e. The van der Waals surface area contributed by atoms with Crippen molar-refractivity contribution in [1.29, 1.82) is 0 Å². The topological polar surface area (TPSA) is 67.6 Å². The molecule has 20 heavy (non-hydrogen) atoms. The van der Waals surface area contributed by atoms with Crippen molar-refractivity contribution in [2.24, 2.45) is 11.8 Å². The molecule has 0 saturated carbocycles. The first-order valence-electron chi connectivity index (χ1n) is 6.99. The molecule has 5 heteroatoms. The van der Waals surface area contributed by atoms with E-state index in [1.54, 1.807) is 19.2 Å². The summed E-state index contributed by atoms with van der Waals surface area (Å²) in [5, 5.41) is 0. The van der Waals surface area contributed by atoms with Gasteiger partial charge in [-0.1, -0.05) is 19.1 Å². The van der Waals surface area contributed by atoms with E-state index in [9.17, 15) is 4.79 Å². The number of likely N-dealkylation sites (tertiary alicyclic amines) is 1. The van der Waals surface area contributed by atoms with Gasteiger partial charge in [0.2, 0.25) is 0 Å². The van der Waals surface area contributed by atoms with Gasteiger partial charge in [0.15, 0.2) is 0 Å². The van der Waals surface area contributed by atoms with Crippen LogP contribution in [0.25, 0.3) is 0 Å². The Hall–Kier alpha value is -1.43. The zero-order valence-corrected chi connectivity index (χ0v) is 12.1. The number of methoxy groups -OCH3 is 1. The normalized spacial score (nSPS) is 23.6. The molecule has 1 aliphatic heterocycles. The molecular formula is C15H23N3O2. The molecule has 2 rings (SSSR count). The molecule has 110 valence electrons. The van der Waals surface area contributed by atoms with E-state index >= 15 is 0 Å². The van der Waals surface area contributed by atoms with E-state index in [4.69, 9.17) is 10.6 Å². The number of piperidine rings is 1. The van der Waals surface area contributed by atoms with E-state index in [0.29, 0.717) is 17.6 Å². The molecule has 1 aliphatic rings. The van der Waals surface area contributed by atoms with Gasteiger partial charge in [-0.2, -0.15) is 0 Å². The van der Waals surface area contributed by atoms with Crippen molar-refractivity contribution < 1.29 is 9.53 Å². The first-order valence-corrected chi connectivity index (χ1v) is 6.99. The molecule has 2 atom stereocenters. The van der Waals surface area contributed by atoms with Crippen LogP contribution in [0.4, 0.5) is 0 Å². The molecule has 1 saturated heterocycles. The first kappa shape index (κ1) is 15.0. The standard InChI is InChI=1S/C15H23N3O2/c1-11-7-8-18(10-14(11)20-2)9-12-3-5-13(6-4-12)15(19)17-16/h3-6,11,14H,7-10,16H2,1-2H3,(H,17,19). The molecule has 0 aromatic heterocycles. The van der Waals surface area contributed by atoms with Crippen molar-refractivity contribution >= 4 is 5.91 Å². The lowest BCUT2D eigenvalue weighted by molar-refractivity contribution is -0.00744. The first-order chi connectivity index (χ1) is 9.63. The molecule has 0 radical (unpaired) electrons. The Morgan fingerprint density at radius 1 is 1.45 bits per heavy atom. The number of hydrogen-bond donors (Lipinski definition) is 2. The molecule has 1 aromatic carbocycles. The average molecular weight is 277 g/mol. The monoisotopic (exact) mass is 277 g/mol. The average Bonchev–Trinajstić information content (AvgIpc) is 2.49. The Bertz CT molecular complexity index is 447. The number of nitrogen functional groups attached to an aromatic ring is 1. The number of hydrazine groups is 1. The van der Waals surface area contributed by atoms with Crippen molar-refractivity contribution in [2.75, 3.05) is 20.2 Å². The predicted molar refractivity (Wildman–Crippen MR) is 78.0 cm³/mol. The predicted octanol–water partition coefficient (Wildman–Crippen LogP) is 1.15. The molecule has 5 nitrogen and oxygen atoms in total. The van der Waals surface area contributed by atoms with Crippen molar-refractivity contribution in [3.8, 4) is 0 Å². The third kappa shape index (κ3) is 3.56. The molecule has 0 spiro atoms. The Morgan fingerprint density at radius 3 is 2.75 bits per heavy atom. The summed E-state index contributed by atoms with van der Waals surface area (Å²) in [6.07, 6.45) is 1.47. The van der Waals surface area contributed by atoms with Crippen LogP contribution in [0.1, 0.15) is 29.3 Å². The minimum absolute atomic E-state index is 0.261. The summed E-state index contributed by atoms with van der Waals surface area (Å²) in [5.41, 5.74) is 3.91. The highest BCUT2D eigenvalue weighted by Crippen LogP contribution is 2.21. The highest BCUT2D eigenvalue weighted by Gasteiger charge is 2.25. The lowest BCUT2D eigenvalue weighted by Crippen LogP contribution is -2.43. The van der Waals surface area contributed by atoms with Gasteiger partial charge in [0.25, 0.3) is 5.91 Å². The second kappa shape index (κ2) is 6.83. The fourth-order valence-electron chi connectivity index (χ4n) is 2.65. The van der Waals surface area contributed by atoms with Gasteiger partial charge in [-0.3, -0.25) is 15.1 Å². The SMILES string of the molecule is COC1CN(Cc2ccc(C(=O)NN)cc2)CCC1C. The lowest BCUT2D eigenvalue weighted by Gasteiger charge is -2.36. The van der Waals surface area contributed by atoms with E-state index in [2.05, 4.69) is 17.2 Å². The Kier molecular flexibility index (Phi) is 5.11. The van der Waals surface area contributed by atoms with Gasteiger partial charge in [0.1, 0.15) is 0 Å². The molecule has 1 aromatic rings. The molecule has 0 aliphatic carbocycles. The Labute approximate surface area is 120 Å². The van der Waals surface area contributed by atoms with Gasteiger partial charge in [-0.15, -0.1) is 0 Å². The quantitative estimate of drug-likeness (QED) is 0.492. The minimum atomic E-state index is -0.261. The Morgan fingerprint density at radius 2 is 2.15 bits per heavy atom. The maximum absolute atomic E-state index is 11.4. The second-order valence-electron chi connectivity index (χ2n) is 5.45. The van der Waals surface area contributed by atoms with Crippen LogP contribution in [0, 0.1) is 5.92 Å². The van der Waals surface area contributed by atoms with Crippen LogP contribution in [-0.4, -0.2) is 37.1 Å². The summed E-state index contributed by atoms with van der Waals surface area (Å²) >= 11 is 0. The fourth-order valence-corrected chi connectivity index (χ4v) is 2.65. The third-order valence-corrected chi connectivity index (χ3v) is 4.03. The summed E-state index contributed by atoms with van der Waals surface area (Å²) in [5.74, 6) is 5.47. The molecular weight excluding hydrogens is 254 g/mol. The van der Waals surface area contributed by atoms with Crippen LogP contribution in [0.5, 0.6) is 0 Å². The van der Waals surface area contributed by atoms with E-state index < -0.39 is 0 Å². The van der Waals surface area contributed by atoms with Crippen LogP contribution in [-0.2, 0) is 11.3 Å². The van der Waals surface area contributed by atoms with Gasteiger partial charge < -0.3 is 4.74 Å². The molecule has 0 bridgehead atoms. The van der Waals surface area contributed by atoms with E-state index in [1.165, 1.54) is 5.56 Å². The van der Waals surface area contributed by atoms with E-state index in [1.807, 2.05) is 12.1 Å². The van der Waals surface area contributed by atoms with Crippen LogP contribution >= 0.6 is 0 Å². The van der Waals surface area contributed by atoms with Gasteiger partial charge >= 0.3 is 0 Å². The summed E-state index contributed by atoms with van der Waals surface area (Å²) in [4.78, 5) is 13.8. The summed E-state index contributed by atoms with van der Waals surface area (Å²) in [6, 6.07) is 7.56. The van der Waals surface area contributed by atoms with Crippen molar-refractivity contribution in [3.63, 3.8) is 0 Å². The van der Waals surface area contributed by atoms with Crippen molar-refractivity contribution in [2.45, 2.75) is 26.0 Å². The number of rotatable bonds is 4. The number of ether oxygens (including phenoxy) is 1. The Balaban J connectivity index is 1.95. The van der Waals surface area contributed by atoms with Crippen LogP contribution in [0.3, 0.4) is 0 Å². The van der Waals surface area contributed by atoms with Crippen LogP contribution in [0.2, 0.25) is 0 Å². The number of carbonyl (C=O) groups excluding carboxylic acids is 1. The second-order valence-corrected chi connectivity index (χ2v) is 5.45. The molecule has 2 unspecified atom stereocenters. The van der Waals surface area contributed by atoms with Gasteiger partial charge in [-0.25, -0.2) is 5.84 Å². The van der Waals surface area contributed by atoms with Crippen molar-refractivity contribution in [3.05, 3.63) is 35.4 Å².